The maximum absolute atomic E-state index is 13.4. The highest BCUT2D eigenvalue weighted by molar-refractivity contribution is 5.65. The number of alkyl halides is 3. The quantitative estimate of drug-likeness (QED) is 0.497. The van der Waals surface area contributed by atoms with Gasteiger partial charge in [0.2, 0.25) is 5.95 Å². The van der Waals surface area contributed by atoms with E-state index in [0.717, 1.165) is 18.2 Å². The van der Waals surface area contributed by atoms with E-state index in [4.69, 9.17) is 0 Å². The fourth-order valence-corrected chi connectivity index (χ4v) is 2.91. The third kappa shape index (κ3) is 5.47. The molecule has 0 aliphatic rings. The van der Waals surface area contributed by atoms with Crippen molar-refractivity contribution in [3.63, 3.8) is 0 Å². The molecule has 0 saturated carbocycles. The zero-order valence-electron chi connectivity index (χ0n) is 16.5. The van der Waals surface area contributed by atoms with Gasteiger partial charge < -0.3 is 10.6 Å². The molecule has 29 heavy (non-hydrogen) atoms. The molecule has 2 N–H and O–H groups in total. The molecule has 0 aliphatic carbocycles. The molecule has 0 fully saturated rings. The molecule has 0 aliphatic heterocycles. The van der Waals surface area contributed by atoms with E-state index < -0.39 is 11.7 Å². The number of halogens is 3. The SMILES string of the molecule is Cc1ccccc1Nc1nc(Nc2ccc(CC(C)C)cc2)ncc1C(F)(F)F. The van der Waals surface area contributed by atoms with Gasteiger partial charge >= 0.3 is 6.18 Å². The van der Waals surface area contributed by atoms with Crippen molar-refractivity contribution < 1.29 is 13.2 Å². The Kier molecular flexibility index (Phi) is 6.06. The molecule has 7 heteroatoms. The molecule has 0 atom stereocenters. The first-order valence-electron chi connectivity index (χ1n) is 9.35. The van der Waals surface area contributed by atoms with Gasteiger partial charge in [-0.05, 0) is 48.6 Å². The summed E-state index contributed by atoms with van der Waals surface area (Å²) in [7, 11) is 0. The van der Waals surface area contributed by atoms with Crippen LogP contribution in [0.1, 0.15) is 30.5 Å². The maximum atomic E-state index is 13.4. The van der Waals surface area contributed by atoms with E-state index in [1.165, 1.54) is 5.56 Å². The third-order valence-electron chi connectivity index (χ3n) is 4.35. The molecule has 0 amide bonds. The van der Waals surface area contributed by atoms with E-state index in [1.807, 2.05) is 43.3 Å². The molecule has 0 saturated heterocycles. The summed E-state index contributed by atoms with van der Waals surface area (Å²) in [5.74, 6) is 0.341. The zero-order chi connectivity index (χ0) is 21.0. The molecule has 0 spiro atoms. The molecule has 0 bridgehead atoms. The molecule has 1 aromatic heterocycles. The number of anilines is 4. The van der Waals surface area contributed by atoms with Gasteiger partial charge in [-0.2, -0.15) is 18.2 Å². The van der Waals surface area contributed by atoms with E-state index in [0.29, 0.717) is 17.3 Å². The number of aryl methyl sites for hydroxylation is 1. The number of aromatic nitrogens is 2. The molecule has 4 nitrogen and oxygen atoms in total. The third-order valence-corrected chi connectivity index (χ3v) is 4.35. The molecule has 3 aromatic rings. The standard InChI is InChI=1S/C22H23F3N4/c1-14(2)12-16-8-10-17(11-9-16)27-21-26-13-18(22(23,24)25)20(29-21)28-19-7-5-4-6-15(19)3/h4-11,13-14H,12H2,1-3H3,(H2,26,27,28,29). The summed E-state index contributed by atoms with van der Waals surface area (Å²) in [5, 5.41) is 5.77. The Labute approximate surface area is 168 Å². The van der Waals surface area contributed by atoms with Crippen LogP contribution in [0.15, 0.2) is 54.7 Å². The van der Waals surface area contributed by atoms with Gasteiger partial charge in [0.15, 0.2) is 0 Å². The normalized spacial score (nSPS) is 11.6. The lowest BCUT2D eigenvalue weighted by molar-refractivity contribution is -0.137. The maximum Gasteiger partial charge on any atom is 0.421 e. The number of hydrogen-bond donors (Lipinski definition) is 2. The van der Waals surface area contributed by atoms with Crippen molar-refractivity contribution in [2.75, 3.05) is 10.6 Å². The van der Waals surface area contributed by atoms with Crippen LogP contribution in [0.5, 0.6) is 0 Å². The van der Waals surface area contributed by atoms with Gasteiger partial charge in [0.05, 0.1) is 0 Å². The first kappa shape index (κ1) is 20.6. The van der Waals surface area contributed by atoms with Crippen LogP contribution in [-0.2, 0) is 12.6 Å². The van der Waals surface area contributed by atoms with Gasteiger partial charge in [-0.15, -0.1) is 0 Å². The highest BCUT2D eigenvalue weighted by Crippen LogP contribution is 2.35. The van der Waals surface area contributed by atoms with Crippen LogP contribution in [0.3, 0.4) is 0 Å². The molecule has 0 radical (unpaired) electrons. The van der Waals surface area contributed by atoms with Crippen LogP contribution < -0.4 is 10.6 Å². The van der Waals surface area contributed by atoms with Crippen LogP contribution in [0, 0.1) is 12.8 Å². The molecule has 1 heterocycles. The Morgan fingerprint density at radius 1 is 0.966 bits per heavy atom. The minimum atomic E-state index is -4.57. The fourth-order valence-electron chi connectivity index (χ4n) is 2.91. The molecule has 0 unspecified atom stereocenters. The van der Waals surface area contributed by atoms with Gasteiger partial charge in [-0.1, -0.05) is 44.2 Å². The number of benzene rings is 2. The molecule has 2 aromatic carbocycles. The summed E-state index contributed by atoms with van der Waals surface area (Å²) in [4.78, 5) is 7.94. The van der Waals surface area contributed by atoms with E-state index in [9.17, 15) is 13.2 Å². The first-order chi connectivity index (χ1) is 13.7. The van der Waals surface area contributed by atoms with E-state index in [-0.39, 0.29) is 11.8 Å². The van der Waals surface area contributed by atoms with Gasteiger partial charge in [0.25, 0.3) is 0 Å². The second kappa shape index (κ2) is 8.51. The van der Waals surface area contributed by atoms with Crippen molar-refractivity contribution in [3.05, 3.63) is 71.4 Å². The minimum Gasteiger partial charge on any atom is -0.339 e. The highest BCUT2D eigenvalue weighted by atomic mass is 19.4. The predicted molar refractivity (Wildman–Crippen MR) is 110 cm³/mol. The highest BCUT2D eigenvalue weighted by Gasteiger charge is 2.35. The smallest absolute Gasteiger partial charge is 0.339 e. The number of rotatable bonds is 6. The van der Waals surface area contributed by atoms with Crippen LogP contribution in [0.25, 0.3) is 0 Å². The molecular formula is C22H23F3N4. The average Bonchev–Trinajstić information content (AvgIpc) is 2.64. The summed E-state index contributed by atoms with van der Waals surface area (Å²) in [6, 6.07) is 14.8. The lowest BCUT2D eigenvalue weighted by Crippen LogP contribution is -2.13. The van der Waals surface area contributed by atoms with Crippen molar-refractivity contribution >= 4 is 23.1 Å². The van der Waals surface area contributed by atoms with Crippen LogP contribution in [0.4, 0.5) is 36.3 Å². The molecule has 152 valence electrons. The Morgan fingerprint density at radius 2 is 1.66 bits per heavy atom. The topological polar surface area (TPSA) is 49.8 Å². The first-order valence-corrected chi connectivity index (χ1v) is 9.35. The van der Waals surface area contributed by atoms with E-state index in [1.54, 1.807) is 12.1 Å². The number of nitrogens with one attached hydrogen (secondary N) is 2. The average molecular weight is 400 g/mol. The van der Waals surface area contributed by atoms with Crippen molar-refractivity contribution in [2.45, 2.75) is 33.4 Å². The predicted octanol–water partition coefficient (Wildman–Crippen LogP) is 6.49. The Bertz CT molecular complexity index is 967. The summed E-state index contributed by atoms with van der Waals surface area (Å²) >= 11 is 0. The van der Waals surface area contributed by atoms with E-state index >= 15 is 0 Å². The summed E-state index contributed by atoms with van der Waals surface area (Å²) in [6.07, 6.45) is -2.81. The van der Waals surface area contributed by atoms with Crippen LogP contribution >= 0.6 is 0 Å². The Balaban J connectivity index is 1.87. The van der Waals surface area contributed by atoms with E-state index in [2.05, 4.69) is 34.4 Å². The molecule has 3 rings (SSSR count). The van der Waals surface area contributed by atoms with Gasteiger partial charge in [-0.25, -0.2) is 4.98 Å². The second-order valence-corrected chi connectivity index (χ2v) is 7.31. The number of nitrogens with zero attached hydrogens (tertiary/aromatic N) is 2. The van der Waals surface area contributed by atoms with Gasteiger partial charge in [0, 0.05) is 17.6 Å². The fraction of sp³-hybridized carbons (Fsp3) is 0.273. The Morgan fingerprint density at radius 3 is 2.28 bits per heavy atom. The second-order valence-electron chi connectivity index (χ2n) is 7.31. The van der Waals surface area contributed by atoms with Crippen molar-refractivity contribution in [1.29, 1.82) is 0 Å². The minimum absolute atomic E-state index is 0.0886. The monoisotopic (exact) mass is 400 g/mol. The zero-order valence-corrected chi connectivity index (χ0v) is 16.5. The summed E-state index contributed by atoms with van der Waals surface area (Å²) in [6.45, 7) is 6.10. The van der Waals surface area contributed by atoms with Gasteiger partial charge in [0.1, 0.15) is 11.4 Å². The summed E-state index contributed by atoms with van der Waals surface area (Å²) < 4.78 is 40.3. The van der Waals surface area contributed by atoms with Crippen LogP contribution in [-0.4, -0.2) is 9.97 Å². The van der Waals surface area contributed by atoms with Crippen molar-refractivity contribution in [2.24, 2.45) is 5.92 Å². The van der Waals surface area contributed by atoms with Crippen molar-refractivity contribution in [3.8, 4) is 0 Å². The number of para-hydroxylation sites is 1. The Hall–Kier alpha value is -3.09. The molecular weight excluding hydrogens is 377 g/mol. The largest absolute Gasteiger partial charge is 0.421 e. The van der Waals surface area contributed by atoms with Gasteiger partial charge in [-0.3, -0.25) is 0 Å². The van der Waals surface area contributed by atoms with Crippen molar-refractivity contribution in [1.82, 2.24) is 9.97 Å². The van der Waals surface area contributed by atoms with Crippen LogP contribution in [0.2, 0.25) is 0 Å². The lowest BCUT2D eigenvalue weighted by atomic mass is 10.0. The lowest BCUT2D eigenvalue weighted by Gasteiger charge is -2.16. The number of hydrogen-bond acceptors (Lipinski definition) is 4. The summed E-state index contributed by atoms with van der Waals surface area (Å²) in [5.41, 5.74) is 2.36.